The Balaban J connectivity index is 1.56. The van der Waals surface area contributed by atoms with Crippen LogP contribution in [0.4, 0.5) is 0 Å². The fourth-order valence-corrected chi connectivity index (χ4v) is 7.33. The van der Waals surface area contributed by atoms with Crippen LogP contribution < -0.4 is 15.0 Å². The molecule has 0 unspecified atom stereocenters. The Kier molecular flexibility index (Phi) is 7.95. The molecule has 1 aliphatic rings. The van der Waals surface area contributed by atoms with Crippen molar-refractivity contribution < 1.29 is 14.3 Å². The molecule has 0 fully saturated rings. The minimum Gasteiger partial charge on any atom is -0.497 e. The molecule has 38 heavy (non-hydrogen) atoms. The van der Waals surface area contributed by atoms with Crippen LogP contribution in [0.3, 0.4) is 0 Å². The van der Waals surface area contributed by atoms with Crippen LogP contribution in [0.2, 0.25) is 0 Å². The van der Waals surface area contributed by atoms with Crippen LogP contribution in [0.5, 0.6) is 11.5 Å². The lowest BCUT2D eigenvalue weighted by molar-refractivity contribution is 0.102. The summed E-state index contributed by atoms with van der Waals surface area (Å²) in [4.78, 5) is 36.4. The number of benzene rings is 2. The van der Waals surface area contributed by atoms with Crippen molar-refractivity contribution in [3.05, 3.63) is 73.3 Å². The van der Waals surface area contributed by atoms with Gasteiger partial charge in [-0.05, 0) is 84.2 Å². The zero-order valence-electron chi connectivity index (χ0n) is 21.6. The highest BCUT2D eigenvalue weighted by Crippen LogP contribution is 2.35. The molecule has 0 saturated heterocycles. The highest BCUT2D eigenvalue weighted by Gasteiger charge is 2.27. The third kappa shape index (κ3) is 5.14. The number of hydrogen-bond donors (Lipinski definition) is 0. The van der Waals surface area contributed by atoms with Crippen molar-refractivity contribution in [2.24, 2.45) is 0 Å². The van der Waals surface area contributed by atoms with Gasteiger partial charge in [-0.25, -0.2) is 4.98 Å². The minimum absolute atomic E-state index is 0.0629. The first-order valence-electron chi connectivity index (χ1n) is 12.3. The number of rotatable bonds is 8. The van der Waals surface area contributed by atoms with Crippen molar-refractivity contribution in [2.75, 3.05) is 26.5 Å². The summed E-state index contributed by atoms with van der Waals surface area (Å²) in [5.74, 6) is 1.44. The van der Waals surface area contributed by atoms with Crippen molar-refractivity contribution in [3.63, 3.8) is 0 Å². The number of hydrogen-bond acceptors (Lipinski definition) is 8. The van der Waals surface area contributed by atoms with Gasteiger partial charge in [0.25, 0.3) is 5.56 Å². The number of ketones is 1. The first kappa shape index (κ1) is 26.9. The lowest BCUT2D eigenvalue weighted by Crippen LogP contribution is -2.35. The van der Waals surface area contributed by atoms with Crippen LogP contribution in [0.25, 0.3) is 15.9 Å². The van der Waals surface area contributed by atoms with E-state index in [1.807, 2.05) is 24.3 Å². The average Bonchev–Trinajstić information content (AvgIpc) is 3.29. The van der Waals surface area contributed by atoms with Gasteiger partial charge in [-0.2, -0.15) is 0 Å². The molecule has 3 heterocycles. The summed E-state index contributed by atoms with van der Waals surface area (Å²) in [6, 6.07) is 13.0. The Morgan fingerprint density at radius 2 is 1.92 bits per heavy atom. The van der Waals surface area contributed by atoms with Crippen molar-refractivity contribution in [3.8, 4) is 17.2 Å². The second-order valence-electron chi connectivity index (χ2n) is 9.29. The Bertz CT molecular complexity index is 1560. The van der Waals surface area contributed by atoms with Crippen LogP contribution in [-0.4, -0.2) is 52.8 Å². The lowest BCUT2D eigenvalue weighted by atomic mass is 10.0. The SMILES string of the molecule is COc1ccc(-n2c(SCC(=O)c3ccc(OC)c(Br)c3)nc3sc4c(c3c2=O)CCN(C(C)C)C4)cc1. The number of aromatic nitrogens is 2. The first-order chi connectivity index (χ1) is 18.3. The molecular formula is C28H28BrN3O4S2. The van der Waals surface area contributed by atoms with E-state index in [0.717, 1.165) is 29.9 Å². The summed E-state index contributed by atoms with van der Waals surface area (Å²) in [7, 11) is 3.19. The molecule has 7 nitrogen and oxygen atoms in total. The fourth-order valence-electron chi connectivity index (χ4n) is 4.59. The predicted octanol–water partition coefficient (Wildman–Crippen LogP) is 5.97. The van der Waals surface area contributed by atoms with Gasteiger partial charge in [-0.3, -0.25) is 19.1 Å². The van der Waals surface area contributed by atoms with Gasteiger partial charge in [0.15, 0.2) is 10.9 Å². The lowest BCUT2D eigenvalue weighted by Gasteiger charge is -2.30. The topological polar surface area (TPSA) is 73.7 Å². The predicted molar refractivity (Wildman–Crippen MR) is 157 cm³/mol. The number of carbonyl (C=O) groups excluding carboxylic acids is 1. The summed E-state index contributed by atoms with van der Waals surface area (Å²) >= 11 is 6.31. The summed E-state index contributed by atoms with van der Waals surface area (Å²) < 4.78 is 12.9. The van der Waals surface area contributed by atoms with E-state index in [4.69, 9.17) is 14.5 Å². The van der Waals surface area contributed by atoms with Gasteiger partial charge >= 0.3 is 0 Å². The third-order valence-corrected chi connectivity index (χ3v) is 9.41. The minimum atomic E-state index is -0.0993. The van der Waals surface area contributed by atoms with E-state index in [9.17, 15) is 9.59 Å². The van der Waals surface area contributed by atoms with Crippen LogP contribution in [0, 0.1) is 0 Å². The van der Waals surface area contributed by atoms with E-state index in [1.165, 1.54) is 16.6 Å². The van der Waals surface area contributed by atoms with Gasteiger partial charge in [0.1, 0.15) is 16.3 Å². The average molecular weight is 615 g/mol. The molecule has 0 N–H and O–H groups in total. The zero-order chi connectivity index (χ0) is 27.0. The smallest absolute Gasteiger partial charge is 0.267 e. The van der Waals surface area contributed by atoms with Crippen LogP contribution in [-0.2, 0) is 13.0 Å². The molecule has 2 aromatic heterocycles. The molecule has 198 valence electrons. The monoisotopic (exact) mass is 613 g/mol. The van der Waals surface area contributed by atoms with E-state index < -0.39 is 0 Å². The summed E-state index contributed by atoms with van der Waals surface area (Å²) in [6.07, 6.45) is 0.824. The molecule has 0 amide bonds. The van der Waals surface area contributed by atoms with Gasteiger partial charge in [-0.15, -0.1) is 11.3 Å². The molecule has 0 aliphatic carbocycles. The van der Waals surface area contributed by atoms with Crippen LogP contribution in [0.15, 0.2) is 56.9 Å². The van der Waals surface area contributed by atoms with Gasteiger partial charge in [-0.1, -0.05) is 11.8 Å². The molecule has 1 aliphatic heterocycles. The molecular weight excluding hydrogens is 586 g/mol. The highest BCUT2D eigenvalue weighted by atomic mass is 79.9. The number of Topliss-reactive ketones (excluding diaryl/α,β-unsaturated/α-hetero) is 1. The maximum atomic E-state index is 14.0. The fraction of sp³-hybridized carbons (Fsp3) is 0.321. The second kappa shape index (κ2) is 11.2. The molecule has 0 spiro atoms. The molecule has 0 bridgehead atoms. The van der Waals surface area contributed by atoms with E-state index in [1.54, 1.807) is 48.3 Å². The number of thioether (sulfide) groups is 1. The van der Waals surface area contributed by atoms with E-state index in [2.05, 4.69) is 34.7 Å². The maximum Gasteiger partial charge on any atom is 0.267 e. The largest absolute Gasteiger partial charge is 0.497 e. The number of ether oxygens (including phenoxy) is 2. The maximum absolute atomic E-state index is 14.0. The third-order valence-electron chi connectivity index (χ3n) is 6.74. The Morgan fingerprint density at radius 3 is 2.58 bits per heavy atom. The van der Waals surface area contributed by atoms with Gasteiger partial charge < -0.3 is 9.47 Å². The second-order valence-corrected chi connectivity index (χ2v) is 12.2. The van der Waals surface area contributed by atoms with Crippen LogP contribution in [0.1, 0.15) is 34.6 Å². The number of methoxy groups -OCH3 is 2. The number of carbonyl (C=O) groups is 1. The number of fused-ring (bicyclic) bond motifs is 3. The Morgan fingerprint density at radius 1 is 1.16 bits per heavy atom. The molecule has 10 heteroatoms. The molecule has 5 rings (SSSR count). The quantitative estimate of drug-likeness (QED) is 0.138. The standard InChI is InChI=1S/C28H28BrN3O4S2/c1-16(2)31-12-11-20-24(14-31)38-26-25(20)27(34)32(18-6-8-19(35-3)9-7-18)28(30-26)37-15-22(33)17-5-10-23(36-4)21(29)13-17/h5-10,13,16H,11-12,14-15H2,1-4H3. The number of nitrogens with zero attached hydrogens (tertiary/aromatic N) is 3. The van der Waals surface area contributed by atoms with Crippen molar-refractivity contribution in [1.82, 2.24) is 14.5 Å². The molecule has 0 saturated carbocycles. The first-order valence-corrected chi connectivity index (χ1v) is 14.9. The van der Waals surface area contributed by atoms with E-state index in [0.29, 0.717) is 43.8 Å². The van der Waals surface area contributed by atoms with Crippen LogP contribution >= 0.6 is 39.0 Å². The molecule has 4 aromatic rings. The van der Waals surface area contributed by atoms with Gasteiger partial charge in [0, 0.05) is 29.6 Å². The molecule has 0 radical (unpaired) electrons. The van der Waals surface area contributed by atoms with Crippen molar-refractivity contribution in [1.29, 1.82) is 0 Å². The van der Waals surface area contributed by atoms with E-state index in [-0.39, 0.29) is 17.1 Å². The molecule has 0 atom stereocenters. The van der Waals surface area contributed by atoms with Crippen molar-refractivity contribution in [2.45, 2.75) is 38.0 Å². The Hall–Kier alpha value is -2.66. The summed E-state index contributed by atoms with van der Waals surface area (Å²) in [6.45, 7) is 6.13. The van der Waals surface area contributed by atoms with Gasteiger partial charge in [0.05, 0.1) is 35.5 Å². The number of halogens is 1. The highest BCUT2D eigenvalue weighted by molar-refractivity contribution is 9.10. The molecule has 2 aromatic carbocycles. The van der Waals surface area contributed by atoms with Crippen molar-refractivity contribution >= 4 is 55.0 Å². The summed E-state index contributed by atoms with van der Waals surface area (Å²) in [5.41, 5.74) is 2.26. The summed E-state index contributed by atoms with van der Waals surface area (Å²) in [5, 5.41) is 1.19. The zero-order valence-corrected chi connectivity index (χ0v) is 24.8. The van der Waals surface area contributed by atoms with E-state index >= 15 is 0 Å². The normalized spacial score (nSPS) is 13.6. The Labute approximate surface area is 237 Å². The number of thiophene rings is 1. The van der Waals surface area contributed by atoms with Gasteiger partial charge in [0.2, 0.25) is 0 Å².